The van der Waals surface area contributed by atoms with E-state index in [0.29, 0.717) is 22.3 Å². The number of pyridine rings is 1. The van der Waals surface area contributed by atoms with Crippen LogP contribution >= 0.6 is 11.8 Å². The average molecular weight is 312 g/mol. The molecular formula is C15H10N3O3S-. The Morgan fingerprint density at radius 3 is 2.91 bits per heavy atom. The third-order valence-electron chi connectivity index (χ3n) is 3.29. The summed E-state index contributed by atoms with van der Waals surface area (Å²) in [6.07, 6.45) is 0. The summed E-state index contributed by atoms with van der Waals surface area (Å²) in [5.74, 6) is -1.10. The molecule has 0 bridgehead atoms. The van der Waals surface area contributed by atoms with Crippen LogP contribution in [0, 0.1) is 11.3 Å². The predicted molar refractivity (Wildman–Crippen MR) is 81.4 cm³/mol. The summed E-state index contributed by atoms with van der Waals surface area (Å²) in [5, 5.41) is 19.9. The number of carboxylic acid groups (broad SMARTS) is 1. The number of aliphatic carboxylic acids is 1. The molecule has 3 aromatic rings. The van der Waals surface area contributed by atoms with Gasteiger partial charge < -0.3 is 14.9 Å². The van der Waals surface area contributed by atoms with Gasteiger partial charge in [0.1, 0.15) is 11.7 Å². The van der Waals surface area contributed by atoms with Crippen LogP contribution in [0.5, 0.6) is 0 Å². The second-order valence-electron chi connectivity index (χ2n) is 4.69. The highest BCUT2D eigenvalue weighted by Gasteiger charge is 2.14. The zero-order valence-corrected chi connectivity index (χ0v) is 12.1. The van der Waals surface area contributed by atoms with Crippen molar-refractivity contribution in [3.05, 3.63) is 51.8 Å². The molecule has 3 rings (SSSR count). The van der Waals surface area contributed by atoms with Crippen LogP contribution in [-0.4, -0.2) is 21.1 Å². The van der Waals surface area contributed by atoms with Crippen LogP contribution in [0.2, 0.25) is 0 Å². The van der Waals surface area contributed by atoms with Gasteiger partial charge in [-0.3, -0.25) is 9.20 Å². The summed E-state index contributed by atoms with van der Waals surface area (Å²) in [5.41, 5.74) is 2.51. The van der Waals surface area contributed by atoms with Crippen LogP contribution in [0.1, 0.15) is 11.1 Å². The fourth-order valence-corrected chi connectivity index (χ4v) is 3.12. The van der Waals surface area contributed by atoms with E-state index in [1.807, 2.05) is 18.2 Å². The number of nitrogens with zero attached hydrogens (tertiary/aromatic N) is 2. The number of carbonyl (C=O) groups excluding carboxylic acids is 1. The maximum absolute atomic E-state index is 12.3. The molecule has 0 aliphatic heterocycles. The van der Waals surface area contributed by atoms with Gasteiger partial charge in [-0.2, -0.15) is 17.0 Å². The Kier molecular flexibility index (Phi) is 3.61. The molecule has 1 N–H and O–H groups in total. The van der Waals surface area contributed by atoms with Crippen LogP contribution < -0.4 is 10.7 Å². The van der Waals surface area contributed by atoms with Gasteiger partial charge in [0.2, 0.25) is 0 Å². The number of carboxylic acids is 1. The Hall–Kier alpha value is -2.72. The summed E-state index contributed by atoms with van der Waals surface area (Å²) in [7, 11) is 0. The molecule has 2 heterocycles. The highest BCUT2D eigenvalue weighted by molar-refractivity contribution is 7.99. The number of hydrogen-bond donors (Lipinski definition) is 1. The largest absolute Gasteiger partial charge is 0.549 e. The van der Waals surface area contributed by atoms with E-state index in [-0.39, 0.29) is 17.1 Å². The molecule has 0 aliphatic rings. The van der Waals surface area contributed by atoms with E-state index in [1.165, 1.54) is 10.5 Å². The molecule has 0 aliphatic carbocycles. The van der Waals surface area contributed by atoms with Crippen molar-refractivity contribution >= 4 is 34.4 Å². The van der Waals surface area contributed by atoms with E-state index >= 15 is 0 Å². The minimum Gasteiger partial charge on any atom is -0.549 e. The Bertz CT molecular complexity index is 981. The number of fused-ring (bicyclic) bond motifs is 3. The Morgan fingerprint density at radius 2 is 2.18 bits per heavy atom. The number of nitrogens with one attached hydrogen (secondary N) is 1. The van der Waals surface area contributed by atoms with Gasteiger partial charge in [0, 0.05) is 17.6 Å². The number of H-pyrrole nitrogens is 1. The minimum atomic E-state index is -1.17. The number of aromatic amines is 1. The molecule has 6 nitrogen and oxygen atoms in total. The summed E-state index contributed by atoms with van der Waals surface area (Å²) < 4.78 is 1.46. The second-order valence-corrected chi connectivity index (χ2v) is 5.67. The Morgan fingerprint density at radius 1 is 1.41 bits per heavy atom. The fourth-order valence-electron chi connectivity index (χ4n) is 2.40. The number of nitriles is 1. The first kappa shape index (κ1) is 14.2. The first-order valence-electron chi connectivity index (χ1n) is 6.45. The van der Waals surface area contributed by atoms with Crippen molar-refractivity contribution in [2.45, 2.75) is 5.75 Å². The number of aromatic nitrogens is 2. The summed E-state index contributed by atoms with van der Waals surface area (Å²) >= 11 is 1.09. The zero-order valence-electron chi connectivity index (χ0n) is 11.3. The van der Waals surface area contributed by atoms with E-state index in [4.69, 9.17) is 0 Å². The highest BCUT2D eigenvalue weighted by atomic mass is 32.2. The van der Waals surface area contributed by atoms with Crippen molar-refractivity contribution in [2.75, 3.05) is 5.75 Å². The standard InChI is InChI=1S/C15H11N3O3S/c16-6-10-9(7-22-8-14(20)21)5-13(19)18-12-4-2-1-3-11(12)17-15(10)18/h1-5,17H,7-8H2,(H,20,21)/p-1. The van der Waals surface area contributed by atoms with Crippen LogP contribution in [0.3, 0.4) is 0 Å². The van der Waals surface area contributed by atoms with Crippen LogP contribution in [-0.2, 0) is 10.5 Å². The lowest BCUT2D eigenvalue weighted by Gasteiger charge is -2.06. The molecule has 0 saturated heterocycles. The monoisotopic (exact) mass is 312 g/mol. The van der Waals surface area contributed by atoms with Gasteiger partial charge >= 0.3 is 0 Å². The van der Waals surface area contributed by atoms with E-state index < -0.39 is 5.97 Å². The zero-order chi connectivity index (χ0) is 15.7. The quantitative estimate of drug-likeness (QED) is 0.761. The predicted octanol–water partition coefficient (Wildman–Crippen LogP) is 0.636. The molecule has 0 unspecified atom stereocenters. The van der Waals surface area contributed by atoms with Gasteiger partial charge in [0.25, 0.3) is 5.56 Å². The number of carbonyl (C=O) groups is 1. The topological polar surface area (TPSA) is 101 Å². The molecular weight excluding hydrogens is 302 g/mol. The van der Waals surface area contributed by atoms with Gasteiger partial charge in [0.15, 0.2) is 0 Å². The molecule has 22 heavy (non-hydrogen) atoms. The third kappa shape index (κ3) is 2.34. The maximum Gasteiger partial charge on any atom is 0.257 e. The third-order valence-corrected chi connectivity index (χ3v) is 4.24. The molecule has 0 spiro atoms. The van der Waals surface area contributed by atoms with Crippen molar-refractivity contribution < 1.29 is 9.90 Å². The van der Waals surface area contributed by atoms with Gasteiger partial charge in [0.05, 0.1) is 22.6 Å². The van der Waals surface area contributed by atoms with Crippen LogP contribution in [0.4, 0.5) is 0 Å². The minimum absolute atomic E-state index is 0.184. The van der Waals surface area contributed by atoms with Gasteiger partial charge in [-0.1, -0.05) is 12.1 Å². The van der Waals surface area contributed by atoms with Crippen molar-refractivity contribution in [1.29, 1.82) is 5.26 Å². The van der Waals surface area contributed by atoms with E-state index in [2.05, 4.69) is 11.1 Å². The van der Waals surface area contributed by atoms with E-state index in [1.54, 1.807) is 6.07 Å². The first-order valence-corrected chi connectivity index (χ1v) is 7.60. The number of hydrogen-bond acceptors (Lipinski definition) is 5. The SMILES string of the molecule is N#Cc1c(CSCC(=O)[O-])cc(=O)n2c1[nH]c1ccccc12. The molecule has 0 saturated carbocycles. The highest BCUT2D eigenvalue weighted by Crippen LogP contribution is 2.22. The normalized spacial score (nSPS) is 10.9. The van der Waals surface area contributed by atoms with Gasteiger partial charge in [-0.15, -0.1) is 0 Å². The molecule has 0 fully saturated rings. The molecule has 7 heteroatoms. The molecule has 0 amide bonds. The van der Waals surface area contributed by atoms with Crippen LogP contribution in [0.25, 0.3) is 16.7 Å². The number of para-hydroxylation sites is 2. The van der Waals surface area contributed by atoms with E-state index in [9.17, 15) is 20.0 Å². The molecule has 110 valence electrons. The molecule has 0 radical (unpaired) electrons. The summed E-state index contributed by atoms with van der Waals surface area (Å²) in [6.45, 7) is 0. The number of rotatable bonds is 4. The lowest BCUT2D eigenvalue weighted by molar-refractivity contribution is -0.301. The Labute approximate surface area is 129 Å². The molecule has 2 aromatic heterocycles. The van der Waals surface area contributed by atoms with Gasteiger partial charge in [-0.05, 0) is 17.7 Å². The van der Waals surface area contributed by atoms with Crippen LogP contribution in [0.15, 0.2) is 35.1 Å². The second kappa shape index (κ2) is 5.58. The smallest absolute Gasteiger partial charge is 0.257 e. The lowest BCUT2D eigenvalue weighted by atomic mass is 10.1. The average Bonchev–Trinajstić information content (AvgIpc) is 2.86. The maximum atomic E-state index is 12.3. The van der Waals surface area contributed by atoms with Crippen molar-refractivity contribution in [2.24, 2.45) is 0 Å². The Balaban J connectivity index is 2.19. The van der Waals surface area contributed by atoms with Crippen molar-refractivity contribution in [3.8, 4) is 6.07 Å². The van der Waals surface area contributed by atoms with Crippen molar-refractivity contribution in [3.63, 3.8) is 0 Å². The number of benzene rings is 1. The fraction of sp³-hybridized carbons (Fsp3) is 0.133. The number of thioether (sulfide) groups is 1. The summed E-state index contributed by atoms with van der Waals surface area (Å²) in [4.78, 5) is 25.9. The number of imidazole rings is 1. The lowest BCUT2D eigenvalue weighted by Crippen LogP contribution is -2.24. The van der Waals surface area contributed by atoms with Gasteiger partial charge in [-0.25, -0.2) is 0 Å². The van der Waals surface area contributed by atoms with Crippen molar-refractivity contribution in [1.82, 2.24) is 9.38 Å². The molecule has 1 aromatic carbocycles. The van der Waals surface area contributed by atoms with E-state index in [0.717, 1.165) is 17.3 Å². The molecule has 0 atom stereocenters. The summed E-state index contributed by atoms with van der Waals surface area (Å²) in [6, 6.07) is 10.8. The first-order chi connectivity index (χ1) is 10.6.